The first kappa shape index (κ1) is 15.1. The predicted molar refractivity (Wildman–Crippen MR) is 87.4 cm³/mol. The Balaban J connectivity index is 1.70. The largest absolute Gasteiger partial charge is 0.458 e. The number of carbonyl (C=O) groups is 1. The fourth-order valence-corrected chi connectivity index (χ4v) is 2.50. The van der Waals surface area contributed by atoms with E-state index in [0.29, 0.717) is 21.6 Å². The lowest BCUT2D eigenvalue weighted by atomic mass is 10.2. The topological polar surface area (TPSA) is 67.6 Å². The first-order chi connectivity index (χ1) is 11.2. The van der Waals surface area contributed by atoms with E-state index in [-0.39, 0.29) is 6.61 Å². The summed E-state index contributed by atoms with van der Waals surface area (Å²) in [5.41, 5.74) is 1.97. The van der Waals surface area contributed by atoms with Gasteiger partial charge < -0.3 is 13.6 Å². The minimum atomic E-state index is -0.503. The SMILES string of the molecule is N#Cc1c(COC(=O)/C=C\c2ccc(Br)o2)cn2ccccc12. The van der Waals surface area contributed by atoms with Crippen LogP contribution in [-0.2, 0) is 16.1 Å². The molecule has 0 spiro atoms. The van der Waals surface area contributed by atoms with Crippen LogP contribution in [0.25, 0.3) is 11.6 Å². The molecule has 0 amide bonds. The highest BCUT2D eigenvalue weighted by molar-refractivity contribution is 9.10. The highest BCUT2D eigenvalue weighted by atomic mass is 79.9. The lowest BCUT2D eigenvalue weighted by Crippen LogP contribution is -2.01. The Morgan fingerprint density at radius 2 is 2.26 bits per heavy atom. The Morgan fingerprint density at radius 1 is 1.39 bits per heavy atom. The zero-order valence-electron chi connectivity index (χ0n) is 11.9. The Kier molecular flexibility index (Phi) is 4.31. The molecule has 23 heavy (non-hydrogen) atoms. The number of carbonyl (C=O) groups excluding carboxylic acids is 1. The van der Waals surface area contributed by atoms with Gasteiger partial charge in [0.15, 0.2) is 4.67 Å². The van der Waals surface area contributed by atoms with Crippen LogP contribution in [-0.4, -0.2) is 10.4 Å². The van der Waals surface area contributed by atoms with Crippen molar-refractivity contribution in [2.45, 2.75) is 6.61 Å². The summed E-state index contributed by atoms with van der Waals surface area (Å²) in [4.78, 5) is 11.8. The van der Waals surface area contributed by atoms with Gasteiger partial charge in [-0.1, -0.05) is 6.07 Å². The van der Waals surface area contributed by atoms with Gasteiger partial charge in [-0.2, -0.15) is 5.26 Å². The van der Waals surface area contributed by atoms with Gasteiger partial charge in [-0.15, -0.1) is 0 Å². The van der Waals surface area contributed by atoms with Gasteiger partial charge in [-0.3, -0.25) is 0 Å². The molecule has 0 saturated carbocycles. The third-order valence-electron chi connectivity index (χ3n) is 3.22. The van der Waals surface area contributed by atoms with Crippen LogP contribution in [0, 0.1) is 11.3 Å². The van der Waals surface area contributed by atoms with E-state index in [1.165, 1.54) is 12.2 Å². The Bertz CT molecular complexity index is 931. The van der Waals surface area contributed by atoms with E-state index in [2.05, 4.69) is 22.0 Å². The van der Waals surface area contributed by atoms with Crippen LogP contribution >= 0.6 is 15.9 Å². The number of ether oxygens (including phenoxy) is 1. The van der Waals surface area contributed by atoms with Gasteiger partial charge in [0, 0.05) is 24.0 Å². The van der Waals surface area contributed by atoms with Crippen LogP contribution in [0.15, 0.2) is 57.9 Å². The maximum Gasteiger partial charge on any atom is 0.331 e. The average molecular weight is 371 g/mol. The molecular weight excluding hydrogens is 360 g/mol. The van der Waals surface area contributed by atoms with Gasteiger partial charge in [-0.25, -0.2) is 4.79 Å². The summed E-state index contributed by atoms with van der Waals surface area (Å²) in [5, 5.41) is 9.29. The first-order valence-corrected chi connectivity index (χ1v) is 7.55. The lowest BCUT2D eigenvalue weighted by Gasteiger charge is -1.99. The molecule has 0 fully saturated rings. The predicted octanol–water partition coefficient (Wildman–Crippen LogP) is 3.92. The second-order valence-electron chi connectivity index (χ2n) is 4.72. The number of pyridine rings is 1. The van der Waals surface area contributed by atoms with Gasteiger partial charge in [-0.05, 0) is 46.3 Å². The monoisotopic (exact) mass is 370 g/mol. The van der Waals surface area contributed by atoms with Gasteiger partial charge in [0.1, 0.15) is 18.4 Å². The highest BCUT2D eigenvalue weighted by Crippen LogP contribution is 2.19. The summed E-state index contributed by atoms with van der Waals surface area (Å²) in [6.45, 7) is 0.0373. The third-order valence-corrected chi connectivity index (χ3v) is 3.65. The van der Waals surface area contributed by atoms with E-state index in [9.17, 15) is 10.1 Å². The molecule has 3 rings (SSSR count). The molecule has 0 atom stereocenters. The third kappa shape index (κ3) is 3.35. The lowest BCUT2D eigenvalue weighted by molar-refractivity contribution is -0.138. The molecule has 5 nitrogen and oxygen atoms in total. The van der Waals surface area contributed by atoms with Gasteiger partial charge in [0.2, 0.25) is 0 Å². The zero-order chi connectivity index (χ0) is 16.2. The Morgan fingerprint density at radius 3 is 3.00 bits per heavy atom. The number of fused-ring (bicyclic) bond motifs is 1. The minimum Gasteiger partial charge on any atom is -0.458 e. The van der Waals surface area contributed by atoms with Crippen molar-refractivity contribution in [3.63, 3.8) is 0 Å². The molecule has 3 heterocycles. The quantitative estimate of drug-likeness (QED) is 0.515. The van der Waals surface area contributed by atoms with E-state index in [0.717, 1.165) is 5.52 Å². The van der Waals surface area contributed by atoms with E-state index in [4.69, 9.17) is 9.15 Å². The summed E-state index contributed by atoms with van der Waals surface area (Å²) in [5.74, 6) is 0.0396. The van der Waals surface area contributed by atoms with Gasteiger partial charge in [0.25, 0.3) is 0 Å². The molecule has 0 aromatic carbocycles. The van der Waals surface area contributed by atoms with Crippen molar-refractivity contribution in [1.29, 1.82) is 5.26 Å². The fourth-order valence-electron chi connectivity index (χ4n) is 2.18. The van der Waals surface area contributed by atoms with Crippen molar-refractivity contribution in [1.82, 2.24) is 4.40 Å². The molecule has 0 aliphatic carbocycles. The smallest absolute Gasteiger partial charge is 0.331 e. The summed E-state index contributed by atoms with van der Waals surface area (Å²) >= 11 is 3.18. The first-order valence-electron chi connectivity index (χ1n) is 6.76. The van der Waals surface area contributed by atoms with E-state index < -0.39 is 5.97 Å². The van der Waals surface area contributed by atoms with E-state index in [1.807, 2.05) is 28.8 Å². The molecule has 0 bridgehead atoms. The molecular formula is C17H11BrN2O3. The van der Waals surface area contributed by atoms with Crippen molar-refractivity contribution in [3.8, 4) is 6.07 Å². The number of nitrogens with zero attached hydrogens (tertiary/aromatic N) is 2. The Hall–Kier alpha value is -2.78. The van der Waals surface area contributed by atoms with Crippen LogP contribution < -0.4 is 0 Å². The molecule has 0 unspecified atom stereocenters. The Labute approximate surface area is 140 Å². The number of hydrogen-bond acceptors (Lipinski definition) is 4. The summed E-state index contributed by atoms with van der Waals surface area (Å²) < 4.78 is 12.9. The molecule has 114 valence electrons. The number of halogens is 1. The standard InChI is InChI=1S/C17H11BrN2O3/c18-16-6-4-13(23-16)5-7-17(21)22-11-12-10-20-8-2-1-3-15(20)14(12)9-19/h1-8,10H,11H2/b7-5-. The highest BCUT2D eigenvalue weighted by Gasteiger charge is 2.11. The van der Waals surface area contributed by atoms with Crippen LogP contribution in [0.4, 0.5) is 0 Å². The molecule has 3 aromatic heterocycles. The van der Waals surface area contributed by atoms with Gasteiger partial charge in [0.05, 0.1) is 11.1 Å². The van der Waals surface area contributed by atoms with Gasteiger partial charge >= 0.3 is 5.97 Å². The maximum atomic E-state index is 11.8. The summed E-state index contributed by atoms with van der Waals surface area (Å²) in [6, 6.07) is 11.2. The number of furan rings is 1. The van der Waals surface area contributed by atoms with E-state index >= 15 is 0 Å². The summed E-state index contributed by atoms with van der Waals surface area (Å²) in [7, 11) is 0. The zero-order valence-corrected chi connectivity index (χ0v) is 13.5. The minimum absolute atomic E-state index is 0.0373. The molecule has 6 heteroatoms. The molecule has 0 saturated heterocycles. The van der Waals surface area contributed by atoms with Crippen molar-refractivity contribution >= 4 is 33.5 Å². The second kappa shape index (κ2) is 6.55. The normalized spacial score (nSPS) is 11.0. The number of rotatable bonds is 4. The van der Waals surface area contributed by atoms with Crippen molar-refractivity contribution in [3.05, 3.63) is 70.4 Å². The fraction of sp³-hybridized carbons (Fsp3) is 0.0588. The summed E-state index contributed by atoms with van der Waals surface area (Å²) in [6.07, 6.45) is 6.44. The van der Waals surface area contributed by atoms with Crippen LogP contribution in [0.2, 0.25) is 0 Å². The van der Waals surface area contributed by atoms with Crippen LogP contribution in [0.5, 0.6) is 0 Å². The molecule has 3 aromatic rings. The molecule has 0 aliphatic rings. The van der Waals surface area contributed by atoms with Crippen molar-refractivity contribution in [2.75, 3.05) is 0 Å². The maximum absolute atomic E-state index is 11.8. The number of aromatic nitrogens is 1. The van der Waals surface area contributed by atoms with Crippen LogP contribution in [0.3, 0.4) is 0 Å². The molecule has 0 aliphatic heterocycles. The molecule has 0 N–H and O–H groups in total. The average Bonchev–Trinajstić information content (AvgIpc) is 3.13. The van der Waals surface area contributed by atoms with Crippen molar-refractivity contribution < 1.29 is 13.9 Å². The number of esters is 1. The number of hydrogen-bond donors (Lipinski definition) is 0. The van der Waals surface area contributed by atoms with Crippen LogP contribution in [0.1, 0.15) is 16.9 Å². The van der Waals surface area contributed by atoms with Crippen molar-refractivity contribution in [2.24, 2.45) is 0 Å². The molecule has 0 radical (unpaired) electrons. The van der Waals surface area contributed by atoms with E-state index in [1.54, 1.807) is 18.3 Å². The second-order valence-corrected chi connectivity index (χ2v) is 5.50. The number of nitriles is 1.